The number of hydrogen-bond donors (Lipinski definition) is 1. The molecule has 56 valence electrons. The first-order chi connectivity index (χ1) is 4.31. The van der Waals surface area contributed by atoms with Crippen LogP contribution in [0.15, 0.2) is 0 Å². The van der Waals surface area contributed by atoms with E-state index in [1.165, 1.54) is 12.8 Å². The maximum atomic E-state index is 5.48. The highest BCUT2D eigenvalue weighted by Gasteiger charge is 1.95. The summed E-state index contributed by atoms with van der Waals surface area (Å²) in [5, 5.41) is 3.30. The lowest BCUT2D eigenvalue weighted by Crippen LogP contribution is -2.27. The molecule has 0 rings (SSSR count). The standard InChI is InChI=1S/C7H16ClN/c1-3-4-7(2)9-6-5-8/h7,9H,3-6H2,1-2H3/t7-/m0/s1. The second kappa shape index (κ2) is 6.37. The van der Waals surface area contributed by atoms with E-state index in [1.54, 1.807) is 0 Å². The van der Waals surface area contributed by atoms with Crippen molar-refractivity contribution in [2.75, 3.05) is 12.4 Å². The maximum Gasteiger partial charge on any atom is 0.0348 e. The maximum absolute atomic E-state index is 5.48. The first-order valence-electron chi connectivity index (χ1n) is 3.60. The van der Waals surface area contributed by atoms with E-state index >= 15 is 0 Å². The zero-order valence-electron chi connectivity index (χ0n) is 6.28. The van der Waals surface area contributed by atoms with Gasteiger partial charge in [-0.15, -0.1) is 11.6 Å². The van der Waals surface area contributed by atoms with Crippen LogP contribution in [0.3, 0.4) is 0 Å². The molecule has 1 nitrogen and oxygen atoms in total. The van der Waals surface area contributed by atoms with Crippen LogP contribution in [-0.2, 0) is 0 Å². The molecule has 0 saturated heterocycles. The van der Waals surface area contributed by atoms with E-state index in [2.05, 4.69) is 19.2 Å². The van der Waals surface area contributed by atoms with Gasteiger partial charge in [-0.1, -0.05) is 13.3 Å². The lowest BCUT2D eigenvalue weighted by atomic mass is 10.2. The van der Waals surface area contributed by atoms with Crippen molar-refractivity contribution < 1.29 is 0 Å². The lowest BCUT2D eigenvalue weighted by Gasteiger charge is -2.09. The highest BCUT2D eigenvalue weighted by atomic mass is 35.5. The van der Waals surface area contributed by atoms with Gasteiger partial charge in [-0.3, -0.25) is 0 Å². The third kappa shape index (κ3) is 6.13. The molecule has 0 aromatic carbocycles. The summed E-state index contributed by atoms with van der Waals surface area (Å²) in [6, 6.07) is 0.633. The third-order valence-corrected chi connectivity index (χ3v) is 1.50. The van der Waals surface area contributed by atoms with Gasteiger partial charge in [0.1, 0.15) is 0 Å². The summed E-state index contributed by atoms with van der Waals surface area (Å²) in [4.78, 5) is 0. The minimum atomic E-state index is 0.633. The van der Waals surface area contributed by atoms with Crippen molar-refractivity contribution in [1.82, 2.24) is 5.32 Å². The molecule has 0 radical (unpaired) electrons. The Hall–Kier alpha value is 0.250. The molecule has 0 heterocycles. The molecule has 0 aliphatic carbocycles. The van der Waals surface area contributed by atoms with E-state index in [9.17, 15) is 0 Å². The summed E-state index contributed by atoms with van der Waals surface area (Å²) in [7, 11) is 0. The van der Waals surface area contributed by atoms with Crippen LogP contribution in [-0.4, -0.2) is 18.5 Å². The Balaban J connectivity index is 2.95. The fourth-order valence-corrected chi connectivity index (χ4v) is 0.945. The van der Waals surface area contributed by atoms with Gasteiger partial charge in [0.15, 0.2) is 0 Å². The molecule has 9 heavy (non-hydrogen) atoms. The van der Waals surface area contributed by atoms with Gasteiger partial charge in [-0.2, -0.15) is 0 Å². The molecule has 0 bridgehead atoms. The number of hydrogen-bond acceptors (Lipinski definition) is 1. The van der Waals surface area contributed by atoms with Crippen LogP contribution in [0.25, 0.3) is 0 Å². The fourth-order valence-electron chi connectivity index (χ4n) is 0.836. The van der Waals surface area contributed by atoms with Crippen LogP contribution < -0.4 is 5.32 Å². The molecule has 0 fully saturated rings. The van der Waals surface area contributed by atoms with Crippen LogP contribution in [0.1, 0.15) is 26.7 Å². The Kier molecular flexibility index (Phi) is 6.55. The Morgan fingerprint density at radius 2 is 2.22 bits per heavy atom. The van der Waals surface area contributed by atoms with Crippen molar-refractivity contribution in [3.05, 3.63) is 0 Å². The van der Waals surface area contributed by atoms with E-state index in [1.807, 2.05) is 0 Å². The molecular weight excluding hydrogens is 134 g/mol. The van der Waals surface area contributed by atoms with Crippen LogP contribution >= 0.6 is 11.6 Å². The first-order valence-corrected chi connectivity index (χ1v) is 4.14. The summed E-state index contributed by atoms with van der Waals surface area (Å²) < 4.78 is 0. The predicted molar refractivity (Wildman–Crippen MR) is 43.1 cm³/mol. The predicted octanol–water partition coefficient (Wildman–Crippen LogP) is 2.00. The van der Waals surface area contributed by atoms with E-state index in [4.69, 9.17) is 11.6 Å². The minimum Gasteiger partial charge on any atom is -0.313 e. The molecule has 0 aromatic rings. The highest BCUT2D eigenvalue weighted by Crippen LogP contribution is 1.93. The minimum absolute atomic E-state index is 0.633. The van der Waals surface area contributed by atoms with Crippen molar-refractivity contribution in [2.24, 2.45) is 0 Å². The van der Waals surface area contributed by atoms with Gasteiger partial charge in [-0.05, 0) is 13.3 Å². The summed E-state index contributed by atoms with van der Waals surface area (Å²) in [6.45, 7) is 5.32. The zero-order chi connectivity index (χ0) is 7.11. The second-order valence-corrected chi connectivity index (χ2v) is 2.71. The molecule has 0 aliphatic rings. The van der Waals surface area contributed by atoms with E-state index in [0.29, 0.717) is 11.9 Å². The SMILES string of the molecule is CCC[C@H](C)NCCCl. The van der Waals surface area contributed by atoms with Crippen LogP contribution in [0.2, 0.25) is 0 Å². The number of alkyl halides is 1. The molecule has 0 aliphatic heterocycles. The van der Waals surface area contributed by atoms with Crippen molar-refractivity contribution in [2.45, 2.75) is 32.7 Å². The number of nitrogens with one attached hydrogen (secondary N) is 1. The molecule has 0 amide bonds. The monoisotopic (exact) mass is 149 g/mol. The van der Waals surface area contributed by atoms with Crippen molar-refractivity contribution in [3.8, 4) is 0 Å². The fraction of sp³-hybridized carbons (Fsp3) is 1.00. The molecule has 0 spiro atoms. The van der Waals surface area contributed by atoms with Crippen molar-refractivity contribution >= 4 is 11.6 Å². The molecule has 0 unspecified atom stereocenters. The number of halogens is 1. The Morgan fingerprint density at radius 3 is 2.67 bits per heavy atom. The Labute approximate surface area is 62.8 Å². The summed E-state index contributed by atoms with van der Waals surface area (Å²) in [6.07, 6.45) is 2.49. The van der Waals surface area contributed by atoms with Crippen LogP contribution in [0.5, 0.6) is 0 Å². The van der Waals surface area contributed by atoms with Crippen LogP contribution in [0, 0.1) is 0 Å². The zero-order valence-corrected chi connectivity index (χ0v) is 7.04. The van der Waals surface area contributed by atoms with E-state index < -0.39 is 0 Å². The molecular formula is C7H16ClN. The molecule has 1 N–H and O–H groups in total. The largest absolute Gasteiger partial charge is 0.313 e. The van der Waals surface area contributed by atoms with Gasteiger partial charge in [0, 0.05) is 18.5 Å². The Bertz CT molecular complexity index is 56.9. The molecule has 1 atom stereocenters. The normalized spacial score (nSPS) is 13.7. The first kappa shape index (κ1) is 9.25. The molecule has 0 aromatic heterocycles. The van der Waals surface area contributed by atoms with Crippen LogP contribution in [0.4, 0.5) is 0 Å². The summed E-state index contributed by atoms with van der Waals surface area (Å²) in [5.74, 6) is 0.716. The lowest BCUT2D eigenvalue weighted by molar-refractivity contribution is 0.526. The number of rotatable bonds is 5. The van der Waals surface area contributed by atoms with E-state index in [-0.39, 0.29) is 0 Å². The summed E-state index contributed by atoms with van der Waals surface area (Å²) in [5.41, 5.74) is 0. The average molecular weight is 150 g/mol. The smallest absolute Gasteiger partial charge is 0.0348 e. The van der Waals surface area contributed by atoms with Gasteiger partial charge in [-0.25, -0.2) is 0 Å². The quantitative estimate of drug-likeness (QED) is 0.590. The average Bonchev–Trinajstić information content (AvgIpc) is 1.85. The topological polar surface area (TPSA) is 12.0 Å². The second-order valence-electron chi connectivity index (χ2n) is 2.33. The van der Waals surface area contributed by atoms with Crippen molar-refractivity contribution in [3.63, 3.8) is 0 Å². The highest BCUT2D eigenvalue weighted by molar-refractivity contribution is 6.18. The van der Waals surface area contributed by atoms with Gasteiger partial charge in [0.05, 0.1) is 0 Å². The summed E-state index contributed by atoms with van der Waals surface area (Å²) >= 11 is 5.48. The van der Waals surface area contributed by atoms with Gasteiger partial charge in [0.25, 0.3) is 0 Å². The van der Waals surface area contributed by atoms with Gasteiger partial charge in [0.2, 0.25) is 0 Å². The third-order valence-electron chi connectivity index (χ3n) is 1.31. The molecule has 0 saturated carbocycles. The van der Waals surface area contributed by atoms with Crippen molar-refractivity contribution in [1.29, 1.82) is 0 Å². The Morgan fingerprint density at radius 1 is 1.56 bits per heavy atom. The van der Waals surface area contributed by atoms with Gasteiger partial charge < -0.3 is 5.32 Å². The van der Waals surface area contributed by atoms with E-state index in [0.717, 1.165) is 6.54 Å². The van der Waals surface area contributed by atoms with Gasteiger partial charge >= 0.3 is 0 Å². The molecule has 2 heteroatoms.